The molecule has 0 aromatic heterocycles. The standard InChI is InChI=1S/C12H27NO4Si/c1-6-15-18(16-7-2,17-8-3)11-9-10-14-13-12(4)5/h6-11H2,1-5H3. The molecule has 0 radical (unpaired) electrons. The number of hydrogen-bond acceptors (Lipinski definition) is 5. The molecule has 108 valence electrons. The summed E-state index contributed by atoms with van der Waals surface area (Å²) in [7, 11) is -2.50. The minimum atomic E-state index is -2.50. The molecule has 0 saturated heterocycles. The third-order valence-electron chi connectivity index (χ3n) is 2.06. The zero-order chi connectivity index (χ0) is 13.9. The maximum absolute atomic E-state index is 5.74. The Morgan fingerprint density at radius 3 is 1.83 bits per heavy atom. The van der Waals surface area contributed by atoms with Crippen LogP contribution in [0.15, 0.2) is 5.16 Å². The van der Waals surface area contributed by atoms with E-state index in [1.807, 2.05) is 34.6 Å². The van der Waals surface area contributed by atoms with Crippen molar-refractivity contribution in [2.75, 3.05) is 26.4 Å². The van der Waals surface area contributed by atoms with Gasteiger partial charge in [-0.25, -0.2) is 0 Å². The van der Waals surface area contributed by atoms with Crippen LogP contribution >= 0.6 is 0 Å². The van der Waals surface area contributed by atoms with Gasteiger partial charge in [-0.2, -0.15) is 0 Å². The fraction of sp³-hybridized carbons (Fsp3) is 0.917. The molecule has 0 unspecified atom stereocenters. The highest BCUT2D eigenvalue weighted by Gasteiger charge is 2.39. The summed E-state index contributed by atoms with van der Waals surface area (Å²) < 4.78 is 17.2. The van der Waals surface area contributed by atoms with E-state index in [1.165, 1.54) is 0 Å². The van der Waals surface area contributed by atoms with Crippen molar-refractivity contribution in [3.8, 4) is 0 Å². The van der Waals surface area contributed by atoms with Crippen LogP contribution in [0.5, 0.6) is 0 Å². The predicted octanol–water partition coefficient (Wildman–Crippen LogP) is 2.84. The van der Waals surface area contributed by atoms with Gasteiger partial charge >= 0.3 is 8.80 Å². The molecule has 5 nitrogen and oxygen atoms in total. The lowest BCUT2D eigenvalue weighted by atomic mass is 10.5. The van der Waals surface area contributed by atoms with Crippen LogP contribution in [0.4, 0.5) is 0 Å². The van der Waals surface area contributed by atoms with Gasteiger partial charge < -0.3 is 18.1 Å². The highest BCUT2D eigenvalue weighted by atomic mass is 28.4. The van der Waals surface area contributed by atoms with Crippen molar-refractivity contribution >= 4 is 14.5 Å². The normalized spacial score (nSPS) is 11.4. The summed E-state index contributed by atoms with van der Waals surface area (Å²) in [6, 6.07) is 0.765. The van der Waals surface area contributed by atoms with Crippen LogP contribution in [0, 0.1) is 0 Å². The van der Waals surface area contributed by atoms with E-state index in [1.54, 1.807) is 0 Å². The smallest absolute Gasteiger partial charge is 0.396 e. The van der Waals surface area contributed by atoms with Crippen molar-refractivity contribution in [2.45, 2.75) is 47.1 Å². The molecule has 6 heteroatoms. The maximum Gasteiger partial charge on any atom is 0.501 e. The van der Waals surface area contributed by atoms with E-state index in [0.717, 1.165) is 18.2 Å². The van der Waals surface area contributed by atoms with Gasteiger partial charge in [0.05, 0.1) is 5.71 Å². The summed E-state index contributed by atoms with van der Waals surface area (Å²) in [6.07, 6.45) is 0.822. The molecule has 0 bridgehead atoms. The van der Waals surface area contributed by atoms with E-state index >= 15 is 0 Å². The summed E-state index contributed by atoms with van der Waals surface area (Å²) in [5.41, 5.74) is 0.915. The molecule has 0 aromatic rings. The Bertz CT molecular complexity index is 215. The Balaban J connectivity index is 4.16. The minimum absolute atomic E-state index is 0.563. The van der Waals surface area contributed by atoms with E-state index in [0.29, 0.717) is 26.4 Å². The predicted molar refractivity (Wildman–Crippen MR) is 74.8 cm³/mol. The van der Waals surface area contributed by atoms with Crippen LogP contribution in [-0.2, 0) is 18.1 Å². The molecule has 0 amide bonds. The van der Waals surface area contributed by atoms with Crippen LogP contribution < -0.4 is 0 Å². The van der Waals surface area contributed by atoms with E-state index in [-0.39, 0.29) is 0 Å². The molecule has 0 atom stereocenters. The van der Waals surface area contributed by atoms with Crippen LogP contribution in [-0.4, -0.2) is 40.9 Å². The Hall–Kier alpha value is -0.433. The van der Waals surface area contributed by atoms with Crippen molar-refractivity contribution < 1.29 is 18.1 Å². The fourth-order valence-corrected chi connectivity index (χ4v) is 4.11. The van der Waals surface area contributed by atoms with Gasteiger partial charge in [0.1, 0.15) is 6.61 Å². The summed E-state index contributed by atoms with van der Waals surface area (Å²) >= 11 is 0. The lowest BCUT2D eigenvalue weighted by Crippen LogP contribution is -2.46. The van der Waals surface area contributed by atoms with E-state index in [4.69, 9.17) is 18.1 Å². The SMILES string of the molecule is CCO[Si](CCCON=C(C)C)(OCC)OCC. The van der Waals surface area contributed by atoms with Gasteiger partial charge in [-0.05, 0) is 41.0 Å². The van der Waals surface area contributed by atoms with Crippen LogP contribution in [0.3, 0.4) is 0 Å². The number of rotatable bonds is 11. The van der Waals surface area contributed by atoms with Gasteiger partial charge in [0.25, 0.3) is 0 Å². The second-order valence-corrected chi connectivity index (χ2v) is 6.69. The lowest BCUT2D eigenvalue weighted by Gasteiger charge is -2.28. The van der Waals surface area contributed by atoms with Gasteiger partial charge in [-0.15, -0.1) is 0 Å². The third-order valence-corrected chi connectivity index (χ3v) is 5.21. The van der Waals surface area contributed by atoms with Crippen LogP contribution in [0.25, 0.3) is 0 Å². The highest BCUT2D eigenvalue weighted by molar-refractivity contribution is 6.60. The Labute approximate surface area is 112 Å². The van der Waals surface area contributed by atoms with Crippen molar-refractivity contribution in [3.05, 3.63) is 0 Å². The van der Waals surface area contributed by atoms with E-state index in [9.17, 15) is 0 Å². The number of hydrogen-bond donors (Lipinski definition) is 0. The number of oxime groups is 1. The highest BCUT2D eigenvalue weighted by Crippen LogP contribution is 2.18. The quantitative estimate of drug-likeness (QED) is 0.252. The monoisotopic (exact) mass is 277 g/mol. The minimum Gasteiger partial charge on any atom is -0.396 e. The topological polar surface area (TPSA) is 49.3 Å². The van der Waals surface area contributed by atoms with Crippen molar-refractivity contribution in [1.29, 1.82) is 0 Å². The zero-order valence-corrected chi connectivity index (χ0v) is 13.3. The molecule has 0 aliphatic heterocycles. The van der Waals surface area contributed by atoms with Gasteiger partial charge in [-0.1, -0.05) is 5.16 Å². The molecule has 0 heterocycles. The Morgan fingerprint density at radius 1 is 0.944 bits per heavy atom. The molecule has 0 saturated carbocycles. The fourth-order valence-electron chi connectivity index (χ4n) is 1.53. The Morgan fingerprint density at radius 2 is 1.44 bits per heavy atom. The molecule has 0 spiro atoms. The lowest BCUT2D eigenvalue weighted by molar-refractivity contribution is 0.0664. The summed E-state index contributed by atoms with van der Waals surface area (Å²) in [5, 5.41) is 3.89. The average Bonchev–Trinajstić information content (AvgIpc) is 2.29. The first-order valence-corrected chi connectivity index (χ1v) is 8.58. The average molecular weight is 277 g/mol. The molecular weight excluding hydrogens is 250 g/mol. The van der Waals surface area contributed by atoms with E-state index < -0.39 is 8.80 Å². The van der Waals surface area contributed by atoms with Crippen LogP contribution in [0.1, 0.15) is 41.0 Å². The molecular formula is C12H27NO4Si. The second kappa shape index (κ2) is 10.5. The van der Waals surface area contributed by atoms with Gasteiger partial charge in [0.15, 0.2) is 0 Å². The van der Waals surface area contributed by atoms with Crippen molar-refractivity contribution in [1.82, 2.24) is 0 Å². The molecule has 18 heavy (non-hydrogen) atoms. The summed E-state index contributed by atoms with van der Waals surface area (Å²) in [4.78, 5) is 5.17. The van der Waals surface area contributed by atoms with Gasteiger partial charge in [0, 0.05) is 25.9 Å². The van der Waals surface area contributed by atoms with Gasteiger partial charge in [-0.3, -0.25) is 0 Å². The van der Waals surface area contributed by atoms with Gasteiger partial charge in [0.2, 0.25) is 0 Å². The van der Waals surface area contributed by atoms with Crippen molar-refractivity contribution in [3.63, 3.8) is 0 Å². The Kier molecular flexibility index (Phi) is 10.2. The van der Waals surface area contributed by atoms with E-state index in [2.05, 4.69) is 5.16 Å². The molecule has 0 N–H and O–H groups in total. The largest absolute Gasteiger partial charge is 0.501 e. The first kappa shape index (κ1) is 17.6. The second-order valence-electron chi connectivity index (χ2n) is 3.96. The first-order valence-electron chi connectivity index (χ1n) is 6.65. The molecule has 0 aliphatic carbocycles. The summed E-state index contributed by atoms with van der Waals surface area (Å²) in [6.45, 7) is 12.1. The molecule has 0 fully saturated rings. The molecule has 0 aliphatic rings. The maximum atomic E-state index is 5.74. The van der Waals surface area contributed by atoms with Crippen molar-refractivity contribution in [2.24, 2.45) is 5.16 Å². The number of nitrogens with zero attached hydrogens (tertiary/aromatic N) is 1. The molecule has 0 rings (SSSR count). The zero-order valence-electron chi connectivity index (χ0n) is 12.3. The third kappa shape index (κ3) is 7.81. The van der Waals surface area contributed by atoms with Crippen LogP contribution in [0.2, 0.25) is 6.04 Å². The summed E-state index contributed by atoms with van der Waals surface area (Å²) in [5.74, 6) is 0. The molecule has 0 aromatic carbocycles. The first-order chi connectivity index (χ1) is 8.60.